The summed E-state index contributed by atoms with van der Waals surface area (Å²) in [6.07, 6.45) is 2.73. The lowest BCUT2D eigenvalue weighted by Crippen LogP contribution is -2.30. The van der Waals surface area contributed by atoms with Gasteiger partial charge in [0.25, 0.3) is 0 Å². The van der Waals surface area contributed by atoms with E-state index in [1.165, 1.54) is 11.3 Å². The van der Waals surface area contributed by atoms with Crippen LogP contribution in [0.1, 0.15) is 18.9 Å². The summed E-state index contributed by atoms with van der Waals surface area (Å²) in [7, 11) is 0. The number of nitrogen functional groups attached to an aromatic ring is 1. The third kappa shape index (κ3) is 4.46. The second-order valence-corrected chi connectivity index (χ2v) is 5.90. The fraction of sp³-hybridized carbons (Fsp3) is 0.333. The van der Waals surface area contributed by atoms with Crippen LogP contribution < -0.4 is 16.4 Å². The average Bonchev–Trinajstić information content (AvgIpc) is 2.90. The van der Waals surface area contributed by atoms with Crippen molar-refractivity contribution in [3.05, 3.63) is 30.0 Å². The molecular formula is C15H20N4OS. The summed E-state index contributed by atoms with van der Waals surface area (Å²) >= 11 is 1.51. The van der Waals surface area contributed by atoms with Gasteiger partial charge in [-0.1, -0.05) is 24.3 Å². The van der Waals surface area contributed by atoms with Gasteiger partial charge in [0.05, 0.1) is 11.4 Å². The normalized spacial score (nSPS) is 10.4. The Hall–Kier alpha value is -2.08. The molecule has 2 aromatic rings. The molecule has 1 amide bonds. The third-order valence-electron chi connectivity index (χ3n) is 2.86. The molecule has 0 aliphatic carbocycles. The number of aryl methyl sites for hydroxylation is 1. The zero-order valence-electron chi connectivity index (χ0n) is 12.3. The maximum Gasteiger partial charge on any atom is 0.239 e. The molecule has 0 aliphatic heterocycles. The van der Waals surface area contributed by atoms with Crippen LogP contribution in [0, 0.1) is 6.92 Å². The first-order valence-corrected chi connectivity index (χ1v) is 7.74. The summed E-state index contributed by atoms with van der Waals surface area (Å²) in [4.78, 5) is 16.8. The van der Waals surface area contributed by atoms with E-state index in [1.54, 1.807) is 6.20 Å². The Morgan fingerprint density at radius 1 is 1.38 bits per heavy atom. The summed E-state index contributed by atoms with van der Waals surface area (Å²) < 4.78 is 0. The Morgan fingerprint density at radius 3 is 2.90 bits per heavy atom. The number of amides is 1. The van der Waals surface area contributed by atoms with Crippen LogP contribution in [0.2, 0.25) is 0 Å². The van der Waals surface area contributed by atoms with Crippen molar-refractivity contribution in [3.63, 3.8) is 0 Å². The highest BCUT2D eigenvalue weighted by atomic mass is 32.1. The van der Waals surface area contributed by atoms with Gasteiger partial charge in [-0.2, -0.15) is 0 Å². The molecule has 2 rings (SSSR count). The molecule has 6 heteroatoms. The van der Waals surface area contributed by atoms with Crippen molar-refractivity contribution in [1.82, 2.24) is 10.3 Å². The molecule has 1 aromatic heterocycles. The molecule has 0 saturated carbocycles. The van der Waals surface area contributed by atoms with Crippen LogP contribution in [0.5, 0.6) is 0 Å². The van der Waals surface area contributed by atoms with E-state index >= 15 is 0 Å². The highest BCUT2D eigenvalue weighted by molar-refractivity contribution is 7.18. The molecule has 21 heavy (non-hydrogen) atoms. The molecule has 0 saturated heterocycles. The Kier molecular flexibility index (Phi) is 5.16. The maximum absolute atomic E-state index is 11.5. The predicted molar refractivity (Wildman–Crippen MR) is 88.5 cm³/mol. The van der Waals surface area contributed by atoms with Gasteiger partial charge >= 0.3 is 0 Å². The minimum Gasteiger partial charge on any atom is -0.399 e. The van der Waals surface area contributed by atoms with Crippen LogP contribution in [-0.2, 0) is 4.79 Å². The number of nitrogens with one attached hydrogen (secondary N) is 2. The number of benzene rings is 1. The third-order valence-corrected chi connectivity index (χ3v) is 3.87. The van der Waals surface area contributed by atoms with E-state index in [0.717, 1.165) is 33.2 Å². The van der Waals surface area contributed by atoms with Crippen molar-refractivity contribution < 1.29 is 4.79 Å². The molecule has 0 radical (unpaired) electrons. The maximum atomic E-state index is 11.5. The van der Waals surface area contributed by atoms with Crippen molar-refractivity contribution in [1.29, 1.82) is 0 Å². The first-order valence-electron chi connectivity index (χ1n) is 6.92. The molecular weight excluding hydrogens is 284 g/mol. The molecule has 4 N–H and O–H groups in total. The molecule has 0 fully saturated rings. The van der Waals surface area contributed by atoms with Crippen LogP contribution in [0.15, 0.2) is 24.4 Å². The number of thiazole rings is 1. The molecule has 0 atom stereocenters. The molecule has 1 heterocycles. The van der Waals surface area contributed by atoms with Gasteiger partial charge < -0.3 is 16.4 Å². The number of anilines is 2. The summed E-state index contributed by atoms with van der Waals surface area (Å²) in [6.45, 7) is 4.97. The molecule has 0 bridgehead atoms. The van der Waals surface area contributed by atoms with Gasteiger partial charge in [0.15, 0.2) is 5.13 Å². The SMILES string of the molecule is CCCNC(=O)CNc1ncc(-c2cc(C)cc(N)c2)s1. The lowest BCUT2D eigenvalue weighted by molar-refractivity contribution is -0.119. The molecule has 0 unspecified atom stereocenters. The fourth-order valence-corrected chi connectivity index (χ4v) is 2.73. The van der Waals surface area contributed by atoms with Crippen molar-refractivity contribution in [3.8, 4) is 10.4 Å². The van der Waals surface area contributed by atoms with Gasteiger partial charge in [0.1, 0.15) is 0 Å². The average molecular weight is 304 g/mol. The topological polar surface area (TPSA) is 80.0 Å². The van der Waals surface area contributed by atoms with E-state index in [2.05, 4.69) is 21.7 Å². The van der Waals surface area contributed by atoms with Crippen LogP contribution in [0.4, 0.5) is 10.8 Å². The Morgan fingerprint density at radius 2 is 2.19 bits per heavy atom. The van der Waals surface area contributed by atoms with Crippen molar-refractivity contribution in [2.75, 3.05) is 24.1 Å². The predicted octanol–water partition coefficient (Wildman–Crippen LogP) is 2.64. The van der Waals surface area contributed by atoms with Gasteiger partial charge in [-0.15, -0.1) is 0 Å². The smallest absolute Gasteiger partial charge is 0.239 e. The highest BCUT2D eigenvalue weighted by Gasteiger charge is 2.07. The van der Waals surface area contributed by atoms with Crippen molar-refractivity contribution >= 4 is 28.1 Å². The van der Waals surface area contributed by atoms with Gasteiger partial charge in [0.2, 0.25) is 5.91 Å². The first-order chi connectivity index (χ1) is 10.1. The minimum absolute atomic E-state index is 0.0200. The number of hydrogen-bond acceptors (Lipinski definition) is 5. The summed E-state index contributed by atoms with van der Waals surface area (Å²) in [5.41, 5.74) is 8.77. The van der Waals surface area contributed by atoms with Crippen molar-refractivity contribution in [2.24, 2.45) is 0 Å². The lowest BCUT2D eigenvalue weighted by Gasteiger charge is -2.04. The Labute approximate surface area is 128 Å². The molecule has 5 nitrogen and oxygen atoms in total. The number of aromatic nitrogens is 1. The molecule has 112 valence electrons. The van der Waals surface area contributed by atoms with E-state index in [-0.39, 0.29) is 12.5 Å². The van der Waals surface area contributed by atoms with E-state index in [4.69, 9.17) is 5.73 Å². The van der Waals surface area contributed by atoms with E-state index in [1.807, 2.05) is 26.0 Å². The summed E-state index contributed by atoms with van der Waals surface area (Å²) in [5.74, 6) is -0.0200. The van der Waals surface area contributed by atoms with Gasteiger partial charge in [-0.05, 0) is 36.6 Å². The van der Waals surface area contributed by atoms with Crippen LogP contribution in [0.25, 0.3) is 10.4 Å². The summed E-state index contributed by atoms with van der Waals surface area (Å²) in [6, 6.07) is 5.93. The van der Waals surface area contributed by atoms with Crippen LogP contribution in [0.3, 0.4) is 0 Å². The lowest BCUT2D eigenvalue weighted by atomic mass is 10.1. The van der Waals surface area contributed by atoms with Gasteiger partial charge in [-0.3, -0.25) is 4.79 Å². The van der Waals surface area contributed by atoms with E-state index in [0.29, 0.717) is 6.54 Å². The largest absolute Gasteiger partial charge is 0.399 e. The number of hydrogen-bond donors (Lipinski definition) is 3. The quantitative estimate of drug-likeness (QED) is 0.717. The van der Waals surface area contributed by atoms with E-state index in [9.17, 15) is 4.79 Å². The Balaban J connectivity index is 1.99. The fourth-order valence-electron chi connectivity index (χ4n) is 1.93. The van der Waals surface area contributed by atoms with Crippen LogP contribution >= 0.6 is 11.3 Å². The van der Waals surface area contributed by atoms with Gasteiger partial charge in [-0.25, -0.2) is 4.98 Å². The van der Waals surface area contributed by atoms with E-state index < -0.39 is 0 Å². The zero-order chi connectivity index (χ0) is 15.2. The first kappa shape index (κ1) is 15.3. The standard InChI is InChI=1S/C15H20N4OS/c1-3-4-17-14(20)9-19-15-18-8-13(21-15)11-5-10(2)6-12(16)7-11/h5-8H,3-4,9,16H2,1-2H3,(H,17,20)(H,18,19). The molecule has 1 aromatic carbocycles. The number of nitrogens with zero attached hydrogens (tertiary/aromatic N) is 1. The molecule has 0 aliphatic rings. The zero-order valence-corrected chi connectivity index (χ0v) is 13.1. The number of nitrogens with two attached hydrogens (primary N) is 1. The Bertz CT molecular complexity index is 604. The second-order valence-electron chi connectivity index (χ2n) is 4.87. The highest BCUT2D eigenvalue weighted by Crippen LogP contribution is 2.30. The number of carbonyl (C=O) groups excluding carboxylic acids is 1. The van der Waals surface area contributed by atoms with Crippen molar-refractivity contribution in [2.45, 2.75) is 20.3 Å². The van der Waals surface area contributed by atoms with Gasteiger partial charge in [0, 0.05) is 18.4 Å². The molecule has 0 spiro atoms. The summed E-state index contributed by atoms with van der Waals surface area (Å²) in [5, 5.41) is 6.58. The number of rotatable bonds is 6. The minimum atomic E-state index is -0.0200. The van der Waals surface area contributed by atoms with Crippen LogP contribution in [-0.4, -0.2) is 24.0 Å². The number of carbonyl (C=O) groups is 1. The second kappa shape index (κ2) is 7.08. The monoisotopic (exact) mass is 304 g/mol.